The van der Waals surface area contributed by atoms with Crippen LogP contribution in [-0.4, -0.2) is 5.11 Å². The van der Waals surface area contributed by atoms with E-state index >= 15 is 0 Å². The smallest absolute Gasteiger partial charge is 0.133 e. The molecule has 0 aromatic heterocycles. The van der Waals surface area contributed by atoms with Crippen LogP contribution in [-0.2, 0) is 12.8 Å². The molecule has 174 valence electrons. The topological polar surface area (TPSA) is 57.2 Å². The largest absolute Gasteiger partial charge is 0.508 e. The van der Waals surface area contributed by atoms with Gasteiger partial charge in [0.1, 0.15) is 28.7 Å². The second-order valence-corrected chi connectivity index (χ2v) is 7.46. The van der Waals surface area contributed by atoms with Gasteiger partial charge in [-0.05, 0) is 41.3 Å². The van der Waals surface area contributed by atoms with E-state index in [4.69, 9.17) is 18.9 Å². The van der Waals surface area contributed by atoms with Crippen molar-refractivity contribution in [3.8, 4) is 28.7 Å². The van der Waals surface area contributed by atoms with Crippen molar-refractivity contribution < 1.29 is 24.1 Å². The van der Waals surface area contributed by atoms with Crippen LogP contribution in [0, 0.1) is 6.92 Å². The van der Waals surface area contributed by atoms with Gasteiger partial charge in [-0.3, -0.25) is 0 Å². The lowest BCUT2D eigenvalue weighted by atomic mass is 9.94. The predicted molar refractivity (Wildman–Crippen MR) is 135 cm³/mol. The van der Waals surface area contributed by atoms with Gasteiger partial charge in [0, 0.05) is 25.0 Å². The van der Waals surface area contributed by atoms with Gasteiger partial charge in [0.15, 0.2) is 0 Å². The number of phenolic OH excluding ortho intramolecular Hbond substituents is 1. The molecule has 3 rings (SSSR count). The normalized spacial score (nSPS) is 10.1. The lowest BCUT2D eigenvalue weighted by Gasteiger charge is -2.17. The number of hydrogen-bond acceptors (Lipinski definition) is 5. The van der Waals surface area contributed by atoms with E-state index in [9.17, 15) is 5.11 Å². The molecule has 5 heteroatoms. The van der Waals surface area contributed by atoms with E-state index < -0.39 is 0 Å². The minimum Gasteiger partial charge on any atom is -0.508 e. The van der Waals surface area contributed by atoms with Crippen molar-refractivity contribution in [1.29, 1.82) is 0 Å². The third-order valence-corrected chi connectivity index (χ3v) is 5.09. The van der Waals surface area contributed by atoms with E-state index in [1.807, 2.05) is 31.2 Å². The number of ether oxygens (including phenoxy) is 4. The molecule has 0 aliphatic heterocycles. The SMILES string of the molecule is C=COc1ccc(Cc2cc(C)cc(Cc3ccc(OC=C)cc3OC=C)c2OC=C)c(O)c1. The Kier molecular flexibility index (Phi) is 8.19. The first-order valence-corrected chi connectivity index (χ1v) is 10.7. The Morgan fingerprint density at radius 2 is 1.18 bits per heavy atom. The Hall–Kier alpha value is -4.38. The molecule has 3 aromatic rings. The van der Waals surface area contributed by atoms with Crippen LogP contribution >= 0.6 is 0 Å². The lowest BCUT2D eigenvalue weighted by molar-refractivity contribution is 0.449. The molecule has 1 N–H and O–H groups in total. The third kappa shape index (κ3) is 5.90. The van der Waals surface area contributed by atoms with Crippen molar-refractivity contribution in [3.05, 3.63) is 128 Å². The van der Waals surface area contributed by atoms with E-state index in [1.165, 1.54) is 25.0 Å². The molecule has 0 atom stereocenters. The van der Waals surface area contributed by atoms with Gasteiger partial charge in [0.2, 0.25) is 0 Å². The summed E-state index contributed by atoms with van der Waals surface area (Å²) < 4.78 is 22.1. The standard InChI is InChI=1S/C29H28O5/c1-6-31-25-12-10-21(27(30)18-25)16-23-14-20(5)15-24(29(23)34-9-4)17-22-11-13-26(32-7-2)19-28(22)33-8-3/h6-15,18-19,30H,1-4,16-17H2,5H3. The Balaban J connectivity index is 2.01. The maximum absolute atomic E-state index is 10.5. The maximum atomic E-state index is 10.5. The van der Waals surface area contributed by atoms with Crippen molar-refractivity contribution in [2.75, 3.05) is 0 Å². The summed E-state index contributed by atoms with van der Waals surface area (Å²) in [4.78, 5) is 0. The number of aromatic hydroxyl groups is 1. The fourth-order valence-electron chi connectivity index (χ4n) is 3.75. The summed E-state index contributed by atoms with van der Waals surface area (Å²) in [6.45, 7) is 16.6. The van der Waals surface area contributed by atoms with Gasteiger partial charge in [-0.2, -0.15) is 0 Å². The molecule has 0 bridgehead atoms. The Morgan fingerprint density at radius 1 is 0.647 bits per heavy atom. The van der Waals surface area contributed by atoms with Crippen molar-refractivity contribution in [3.63, 3.8) is 0 Å². The first-order valence-electron chi connectivity index (χ1n) is 10.7. The highest BCUT2D eigenvalue weighted by molar-refractivity contribution is 5.53. The lowest BCUT2D eigenvalue weighted by Crippen LogP contribution is -2.02. The second-order valence-electron chi connectivity index (χ2n) is 7.46. The highest BCUT2D eigenvalue weighted by Gasteiger charge is 2.16. The molecule has 0 saturated heterocycles. The number of hydrogen-bond donors (Lipinski definition) is 1. The fourth-order valence-corrected chi connectivity index (χ4v) is 3.75. The highest BCUT2D eigenvalue weighted by Crippen LogP contribution is 2.35. The maximum Gasteiger partial charge on any atom is 0.133 e. The zero-order valence-electron chi connectivity index (χ0n) is 19.3. The summed E-state index contributed by atoms with van der Waals surface area (Å²) in [6.07, 6.45) is 6.45. The summed E-state index contributed by atoms with van der Waals surface area (Å²) in [5, 5.41) is 10.5. The minimum absolute atomic E-state index is 0.131. The van der Waals surface area contributed by atoms with Crippen molar-refractivity contribution in [2.24, 2.45) is 0 Å². The molecule has 0 unspecified atom stereocenters. The average Bonchev–Trinajstić information content (AvgIpc) is 2.80. The molecule has 0 fully saturated rings. The number of phenols is 1. The first kappa shape index (κ1) is 24.3. The van der Waals surface area contributed by atoms with Crippen LogP contribution in [0.5, 0.6) is 28.7 Å². The van der Waals surface area contributed by atoms with Gasteiger partial charge in [-0.25, -0.2) is 0 Å². The van der Waals surface area contributed by atoms with Gasteiger partial charge in [-0.1, -0.05) is 56.1 Å². The van der Waals surface area contributed by atoms with E-state index in [1.54, 1.807) is 18.2 Å². The second kappa shape index (κ2) is 11.5. The van der Waals surface area contributed by atoms with E-state index in [0.29, 0.717) is 35.8 Å². The third-order valence-electron chi connectivity index (χ3n) is 5.09. The summed E-state index contributed by atoms with van der Waals surface area (Å²) in [7, 11) is 0. The highest BCUT2D eigenvalue weighted by atomic mass is 16.5. The van der Waals surface area contributed by atoms with Crippen LogP contribution in [0.15, 0.2) is 99.9 Å². The molecule has 0 spiro atoms. The molecule has 0 amide bonds. The van der Waals surface area contributed by atoms with Crippen LogP contribution in [0.3, 0.4) is 0 Å². The minimum atomic E-state index is 0.131. The van der Waals surface area contributed by atoms with Crippen LogP contribution in [0.2, 0.25) is 0 Å². The molecule has 3 aromatic carbocycles. The van der Waals surface area contributed by atoms with Crippen molar-refractivity contribution in [2.45, 2.75) is 19.8 Å². The van der Waals surface area contributed by atoms with Crippen LogP contribution < -0.4 is 18.9 Å². The monoisotopic (exact) mass is 456 g/mol. The number of rotatable bonds is 12. The quantitative estimate of drug-likeness (QED) is 0.298. The molecule has 34 heavy (non-hydrogen) atoms. The van der Waals surface area contributed by atoms with Gasteiger partial charge < -0.3 is 24.1 Å². The van der Waals surface area contributed by atoms with Crippen LogP contribution in [0.25, 0.3) is 0 Å². The van der Waals surface area contributed by atoms with Gasteiger partial charge in [0.25, 0.3) is 0 Å². The Bertz CT molecular complexity index is 1210. The Morgan fingerprint density at radius 3 is 1.74 bits per heavy atom. The van der Waals surface area contributed by atoms with Crippen molar-refractivity contribution in [1.82, 2.24) is 0 Å². The number of benzene rings is 3. The zero-order valence-corrected chi connectivity index (χ0v) is 19.3. The predicted octanol–water partition coefficient (Wildman–Crippen LogP) is 6.97. The zero-order chi connectivity index (χ0) is 24.5. The summed E-state index contributed by atoms with van der Waals surface area (Å²) >= 11 is 0. The fraction of sp³-hybridized carbons (Fsp3) is 0.103. The summed E-state index contributed by atoms with van der Waals surface area (Å²) in [5.41, 5.74) is 4.59. The molecular weight excluding hydrogens is 428 g/mol. The number of aryl methyl sites for hydroxylation is 1. The molecule has 0 aliphatic carbocycles. The van der Waals surface area contributed by atoms with Gasteiger partial charge in [0.05, 0.1) is 25.0 Å². The average molecular weight is 457 g/mol. The van der Waals surface area contributed by atoms with E-state index in [-0.39, 0.29) is 5.75 Å². The van der Waals surface area contributed by atoms with Gasteiger partial charge >= 0.3 is 0 Å². The van der Waals surface area contributed by atoms with Crippen LogP contribution in [0.4, 0.5) is 0 Å². The molecule has 0 radical (unpaired) electrons. The van der Waals surface area contributed by atoms with E-state index in [2.05, 4.69) is 32.4 Å². The molecule has 0 saturated carbocycles. The molecule has 0 aliphatic rings. The Labute approximate surface area is 200 Å². The van der Waals surface area contributed by atoms with Crippen LogP contribution in [0.1, 0.15) is 27.8 Å². The summed E-state index contributed by atoms with van der Waals surface area (Å²) in [6, 6.07) is 14.8. The molecule has 5 nitrogen and oxygen atoms in total. The van der Waals surface area contributed by atoms with E-state index in [0.717, 1.165) is 27.8 Å². The molecular formula is C29H28O5. The molecule has 0 heterocycles. The van der Waals surface area contributed by atoms with Gasteiger partial charge in [-0.15, -0.1) is 0 Å². The van der Waals surface area contributed by atoms with Crippen molar-refractivity contribution >= 4 is 0 Å². The first-order chi connectivity index (χ1) is 16.5. The summed E-state index contributed by atoms with van der Waals surface area (Å²) in [5.74, 6) is 2.57.